The van der Waals surface area contributed by atoms with Crippen LogP contribution in [-0.4, -0.2) is 42.5 Å². The van der Waals surface area contributed by atoms with Gasteiger partial charge in [0.2, 0.25) is 10.0 Å². The molecule has 8 heteroatoms. The molecule has 1 amide bonds. The summed E-state index contributed by atoms with van der Waals surface area (Å²) in [5, 5.41) is 4.10. The Kier molecular flexibility index (Phi) is 4.97. The predicted octanol–water partition coefficient (Wildman–Crippen LogP) is 2.60. The van der Waals surface area contributed by atoms with E-state index < -0.39 is 10.0 Å². The molecule has 0 fully saturated rings. The van der Waals surface area contributed by atoms with Crippen LogP contribution in [0.1, 0.15) is 11.1 Å². The van der Waals surface area contributed by atoms with Crippen molar-refractivity contribution in [3.05, 3.63) is 72.1 Å². The third-order valence-electron chi connectivity index (χ3n) is 5.06. The first-order valence-electron chi connectivity index (χ1n) is 9.31. The Hall–Kier alpha value is -2.97. The average Bonchev–Trinajstić information content (AvgIpc) is 3.10. The summed E-state index contributed by atoms with van der Waals surface area (Å²) in [7, 11) is -0.672. The summed E-state index contributed by atoms with van der Waals surface area (Å²) in [5.74, 6) is -0.177. The van der Waals surface area contributed by atoms with E-state index in [4.69, 9.17) is 0 Å². The third kappa shape index (κ3) is 3.56. The molecule has 0 saturated heterocycles. The number of nitrogens with zero attached hydrogens (tertiary/aromatic N) is 4. The number of carbonyl (C=O) groups is 1. The van der Waals surface area contributed by atoms with Crippen LogP contribution in [0.2, 0.25) is 0 Å². The Morgan fingerprint density at radius 1 is 1.00 bits per heavy atom. The van der Waals surface area contributed by atoms with Crippen LogP contribution >= 0.6 is 0 Å². The normalized spacial score (nSPS) is 13.7. The van der Waals surface area contributed by atoms with Crippen molar-refractivity contribution in [1.29, 1.82) is 0 Å². The van der Waals surface area contributed by atoms with Gasteiger partial charge in [-0.3, -0.25) is 14.4 Å². The molecular weight excluding hydrogens is 388 g/mol. The van der Waals surface area contributed by atoms with Crippen LogP contribution in [-0.2, 0) is 34.2 Å². The predicted molar refractivity (Wildman–Crippen MR) is 111 cm³/mol. The molecule has 29 heavy (non-hydrogen) atoms. The molecule has 2 heterocycles. The first-order chi connectivity index (χ1) is 13.9. The number of fused-ring (bicyclic) bond motifs is 2. The molecule has 0 N–H and O–H groups in total. The number of benzene rings is 2. The largest absolute Gasteiger partial charge is 0.279 e. The molecule has 0 bridgehead atoms. The van der Waals surface area contributed by atoms with Crippen LogP contribution in [0, 0.1) is 0 Å². The van der Waals surface area contributed by atoms with Gasteiger partial charge in [0.15, 0.2) is 0 Å². The number of para-hydroxylation sites is 2. The molecule has 1 aromatic heterocycles. The van der Waals surface area contributed by atoms with Gasteiger partial charge < -0.3 is 0 Å². The van der Waals surface area contributed by atoms with Crippen LogP contribution < -0.4 is 4.90 Å². The van der Waals surface area contributed by atoms with E-state index in [1.807, 2.05) is 48.5 Å². The third-order valence-corrected chi connectivity index (χ3v) is 6.83. The summed E-state index contributed by atoms with van der Waals surface area (Å²) in [6.45, 7) is -0.0639. The Labute approximate surface area is 170 Å². The van der Waals surface area contributed by atoms with Crippen LogP contribution in [0.4, 0.5) is 11.4 Å². The highest BCUT2D eigenvalue weighted by Gasteiger charge is 2.26. The van der Waals surface area contributed by atoms with Crippen LogP contribution in [0.25, 0.3) is 0 Å². The molecule has 7 nitrogen and oxygen atoms in total. The second-order valence-corrected chi connectivity index (χ2v) is 9.30. The lowest BCUT2D eigenvalue weighted by Gasteiger charge is -2.25. The fourth-order valence-corrected chi connectivity index (χ4v) is 4.39. The van der Waals surface area contributed by atoms with Crippen LogP contribution in [0.5, 0.6) is 0 Å². The Balaban J connectivity index is 1.70. The molecule has 1 aliphatic heterocycles. The van der Waals surface area contributed by atoms with Gasteiger partial charge in [-0.2, -0.15) is 5.10 Å². The maximum Gasteiger partial charge on any atom is 0.253 e. The van der Waals surface area contributed by atoms with E-state index in [9.17, 15) is 13.2 Å². The summed E-state index contributed by atoms with van der Waals surface area (Å²) in [5.41, 5.74) is 3.92. The van der Waals surface area contributed by atoms with Crippen molar-refractivity contribution < 1.29 is 13.2 Å². The van der Waals surface area contributed by atoms with Crippen molar-refractivity contribution in [3.8, 4) is 0 Å². The number of amides is 1. The summed E-state index contributed by atoms with van der Waals surface area (Å²) in [4.78, 5) is 15.1. The maximum absolute atomic E-state index is 13.3. The number of hydrogen-bond donors (Lipinski definition) is 0. The molecule has 1 aliphatic rings. The summed E-state index contributed by atoms with van der Waals surface area (Å²) >= 11 is 0. The van der Waals surface area contributed by atoms with Crippen molar-refractivity contribution in [3.63, 3.8) is 0 Å². The first-order valence-corrected chi connectivity index (χ1v) is 10.8. The van der Waals surface area contributed by atoms with Gasteiger partial charge in [-0.25, -0.2) is 12.7 Å². The zero-order chi connectivity index (χ0) is 20.6. The molecule has 0 unspecified atom stereocenters. The van der Waals surface area contributed by atoms with E-state index in [2.05, 4.69) is 5.10 Å². The number of sulfonamides is 1. The highest BCUT2D eigenvalue weighted by molar-refractivity contribution is 7.89. The fraction of sp³-hybridized carbons (Fsp3) is 0.238. The highest BCUT2D eigenvalue weighted by Crippen LogP contribution is 2.36. The van der Waals surface area contributed by atoms with Gasteiger partial charge in [0, 0.05) is 20.3 Å². The number of anilines is 2. The molecule has 0 saturated carbocycles. The molecule has 2 aromatic carbocycles. The second kappa shape index (κ2) is 7.46. The van der Waals surface area contributed by atoms with E-state index in [1.54, 1.807) is 4.90 Å². The van der Waals surface area contributed by atoms with Gasteiger partial charge in [-0.15, -0.1) is 0 Å². The van der Waals surface area contributed by atoms with Crippen LogP contribution in [0.15, 0.2) is 65.8 Å². The minimum absolute atomic E-state index is 0.0620. The zero-order valence-corrected chi connectivity index (χ0v) is 17.1. The lowest BCUT2D eigenvalue weighted by atomic mass is 10.0. The van der Waals surface area contributed by atoms with Crippen molar-refractivity contribution in [2.45, 2.75) is 24.3 Å². The van der Waals surface area contributed by atoms with Crippen molar-refractivity contribution >= 4 is 27.3 Å². The van der Waals surface area contributed by atoms with E-state index >= 15 is 0 Å². The molecule has 0 aliphatic carbocycles. The standard InChI is InChI=1S/C21H22N4O3S/c1-23(2)29(27,28)18-13-22-24(14-18)15-21(26)25-19-9-5-3-7-16(19)11-12-17-8-4-6-10-20(17)25/h3-10,13-14H,11-12,15H2,1-2H3. The van der Waals surface area contributed by atoms with Gasteiger partial charge in [-0.05, 0) is 36.1 Å². The van der Waals surface area contributed by atoms with Gasteiger partial charge >= 0.3 is 0 Å². The van der Waals surface area contributed by atoms with Gasteiger partial charge in [-0.1, -0.05) is 36.4 Å². The van der Waals surface area contributed by atoms with Gasteiger partial charge in [0.05, 0.1) is 17.6 Å². The second-order valence-electron chi connectivity index (χ2n) is 7.15. The molecule has 0 spiro atoms. The zero-order valence-electron chi connectivity index (χ0n) is 16.3. The Morgan fingerprint density at radius 3 is 2.10 bits per heavy atom. The average molecular weight is 410 g/mol. The van der Waals surface area contributed by atoms with E-state index in [0.29, 0.717) is 0 Å². The van der Waals surface area contributed by atoms with Crippen molar-refractivity contribution in [1.82, 2.24) is 14.1 Å². The van der Waals surface area contributed by atoms with E-state index in [-0.39, 0.29) is 17.3 Å². The Morgan fingerprint density at radius 2 is 1.55 bits per heavy atom. The molecule has 3 aromatic rings. The fourth-order valence-electron chi connectivity index (χ4n) is 3.53. The summed E-state index contributed by atoms with van der Waals surface area (Å²) < 4.78 is 27.1. The van der Waals surface area contributed by atoms with Crippen molar-refractivity contribution in [2.24, 2.45) is 0 Å². The van der Waals surface area contributed by atoms with Gasteiger partial charge in [0.25, 0.3) is 5.91 Å². The monoisotopic (exact) mass is 410 g/mol. The smallest absolute Gasteiger partial charge is 0.253 e. The molecule has 0 atom stereocenters. The maximum atomic E-state index is 13.3. The molecule has 4 rings (SSSR count). The Bertz CT molecular complexity index is 1120. The van der Waals surface area contributed by atoms with Crippen LogP contribution in [0.3, 0.4) is 0 Å². The first kappa shape index (κ1) is 19.4. The van der Waals surface area contributed by atoms with E-state index in [1.165, 1.54) is 31.2 Å². The van der Waals surface area contributed by atoms with E-state index in [0.717, 1.165) is 39.6 Å². The topological polar surface area (TPSA) is 75.5 Å². The number of rotatable bonds is 4. The molecular formula is C21H22N4O3S. The minimum Gasteiger partial charge on any atom is -0.279 e. The summed E-state index contributed by atoms with van der Waals surface area (Å²) in [6.07, 6.45) is 4.36. The quantitative estimate of drug-likeness (QED) is 0.663. The number of carbonyl (C=O) groups excluding carboxylic acids is 1. The highest BCUT2D eigenvalue weighted by atomic mass is 32.2. The summed E-state index contributed by atoms with van der Waals surface area (Å²) in [6, 6.07) is 15.8. The number of hydrogen-bond acceptors (Lipinski definition) is 4. The lowest BCUT2D eigenvalue weighted by molar-refractivity contribution is -0.118. The SMILES string of the molecule is CN(C)S(=O)(=O)c1cnn(CC(=O)N2c3ccccc3CCc3ccccc32)c1. The minimum atomic E-state index is -3.59. The lowest BCUT2D eigenvalue weighted by Crippen LogP contribution is -2.30. The number of aryl methyl sites for hydroxylation is 2. The number of aromatic nitrogens is 2. The van der Waals surface area contributed by atoms with Gasteiger partial charge in [0.1, 0.15) is 11.4 Å². The molecule has 150 valence electrons. The van der Waals surface area contributed by atoms with Crippen molar-refractivity contribution in [2.75, 3.05) is 19.0 Å². The molecule has 0 radical (unpaired) electrons.